The van der Waals surface area contributed by atoms with Crippen molar-refractivity contribution >= 4 is 58.0 Å². The number of aromatic hydroxyl groups is 5. The van der Waals surface area contributed by atoms with Crippen molar-refractivity contribution in [3.63, 3.8) is 0 Å². The predicted molar refractivity (Wildman–Crippen MR) is 289 cm³/mol. The standard InChI is InChI=1S/C14H13ClO.C13H11ClO.C13H19ClO.C12H17ClO.C6H5ClO/c1-10-12(14(16)8-7-13(10)15)9-11-5-3-2-4-6-11;14-12-6-7-13(15)11(9-12)8-10-4-2-1-3-5-10;1-2-3-4-5-6-8-11-9-7-10-12(15)13(11)14;1-2-3-4-5-7-10-8-6-9-11(14)12(10)13;7-5-1-3-6(8)4-2-5/h2-8,16H,9H2,1H3;1-7,9,15H,8H2;7,9-10,15H,2-6,8H2,1H3;6,8-9,14H,2-5,7H2,1H3;1-4,8H. The lowest BCUT2D eigenvalue weighted by Gasteiger charge is -2.10. The van der Waals surface area contributed by atoms with E-state index in [1.54, 1.807) is 66.7 Å². The molecule has 0 spiro atoms. The summed E-state index contributed by atoms with van der Waals surface area (Å²) in [5.74, 6) is 1.24. The normalized spacial score (nSPS) is 10.2. The third-order valence-electron chi connectivity index (χ3n) is 10.8. The highest BCUT2D eigenvalue weighted by Crippen LogP contribution is 2.31. The van der Waals surface area contributed by atoms with E-state index in [1.807, 2.05) is 91.9 Å². The minimum atomic E-state index is 0.194. The van der Waals surface area contributed by atoms with Crippen LogP contribution in [-0.4, -0.2) is 25.5 Å². The molecule has 0 amide bonds. The van der Waals surface area contributed by atoms with E-state index in [1.165, 1.54) is 50.5 Å². The zero-order valence-electron chi connectivity index (χ0n) is 39.3. The second-order valence-corrected chi connectivity index (χ2v) is 18.3. The molecule has 0 atom stereocenters. The summed E-state index contributed by atoms with van der Waals surface area (Å²) >= 11 is 29.4. The van der Waals surface area contributed by atoms with Crippen LogP contribution in [0.4, 0.5) is 0 Å². The van der Waals surface area contributed by atoms with Crippen LogP contribution in [-0.2, 0) is 25.7 Å². The Bertz CT molecular complexity index is 2460. The van der Waals surface area contributed by atoms with Gasteiger partial charge < -0.3 is 25.5 Å². The fourth-order valence-corrected chi connectivity index (χ4v) is 7.81. The number of hydrogen-bond donors (Lipinski definition) is 5. The molecule has 362 valence electrons. The molecule has 0 aliphatic carbocycles. The fraction of sp³-hybridized carbons (Fsp3) is 0.276. The molecule has 7 aromatic rings. The van der Waals surface area contributed by atoms with Crippen LogP contribution in [0, 0.1) is 6.92 Å². The van der Waals surface area contributed by atoms with Crippen LogP contribution in [0.25, 0.3) is 0 Å². The zero-order chi connectivity index (χ0) is 49.7. The van der Waals surface area contributed by atoms with Crippen molar-refractivity contribution in [2.45, 2.75) is 104 Å². The summed E-state index contributed by atoms with van der Waals surface area (Å²) in [5.41, 5.74) is 7.16. The van der Waals surface area contributed by atoms with E-state index < -0.39 is 0 Å². The second kappa shape index (κ2) is 32.7. The molecule has 68 heavy (non-hydrogen) atoms. The van der Waals surface area contributed by atoms with Gasteiger partial charge in [0.2, 0.25) is 0 Å². The van der Waals surface area contributed by atoms with Crippen molar-refractivity contribution in [3.05, 3.63) is 216 Å². The molecule has 0 bridgehead atoms. The summed E-state index contributed by atoms with van der Waals surface area (Å²) in [6.45, 7) is 6.34. The number of rotatable bonds is 15. The Hall–Kier alpha value is -5.01. The van der Waals surface area contributed by atoms with E-state index >= 15 is 0 Å². The first-order valence-corrected chi connectivity index (χ1v) is 25.0. The molecule has 0 saturated carbocycles. The van der Waals surface area contributed by atoms with Gasteiger partial charge in [0.25, 0.3) is 0 Å². The van der Waals surface area contributed by atoms with E-state index in [9.17, 15) is 20.4 Å². The average molecular weight is 1020 g/mol. The van der Waals surface area contributed by atoms with E-state index in [0.717, 1.165) is 59.1 Å². The average Bonchev–Trinajstić information content (AvgIpc) is 3.34. The number of phenolic OH excluding ortho intramolecular Hbond substituents is 5. The number of hydrogen-bond acceptors (Lipinski definition) is 5. The Morgan fingerprint density at radius 2 is 0.838 bits per heavy atom. The maximum atomic E-state index is 9.82. The first kappa shape index (κ1) is 57.3. The Kier molecular flexibility index (Phi) is 27.5. The molecule has 10 heteroatoms. The van der Waals surface area contributed by atoms with Crippen molar-refractivity contribution in [1.82, 2.24) is 0 Å². The summed E-state index contributed by atoms with van der Waals surface area (Å²) in [7, 11) is 0. The molecule has 7 rings (SSSR count). The van der Waals surface area contributed by atoms with Crippen molar-refractivity contribution in [1.29, 1.82) is 0 Å². The number of benzene rings is 7. The third-order valence-corrected chi connectivity index (χ3v) is 12.6. The quantitative estimate of drug-likeness (QED) is 0.0659. The van der Waals surface area contributed by atoms with Gasteiger partial charge in [-0.1, -0.05) is 202 Å². The van der Waals surface area contributed by atoms with Crippen molar-refractivity contribution in [2.75, 3.05) is 0 Å². The maximum Gasteiger partial charge on any atom is 0.134 e. The topological polar surface area (TPSA) is 101 Å². The second-order valence-electron chi connectivity index (χ2n) is 16.2. The molecular weight excluding hydrogens is 954 g/mol. The van der Waals surface area contributed by atoms with Gasteiger partial charge in [0.15, 0.2) is 0 Å². The predicted octanol–water partition coefficient (Wildman–Crippen LogP) is 18.4. The van der Waals surface area contributed by atoms with Crippen molar-refractivity contribution in [3.8, 4) is 28.7 Å². The maximum absolute atomic E-state index is 9.82. The van der Waals surface area contributed by atoms with Gasteiger partial charge in [-0.3, -0.25) is 0 Å². The van der Waals surface area contributed by atoms with E-state index in [0.29, 0.717) is 49.5 Å². The van der Waals surface area contributed by atoms with Crippen LogP contribution in [0.2, 0.25) is 25.1 Å². The highest BCUT2D eigenvalue weighted by Gasteiger charge is 2.09. The Morgan fingerprint density at radius 1 is 0.382 bits per heavy atom. The van der Waals surface area contributed by atoms with E-state index in [2.05, 4.69) is 13.8 Å². The molecule has 0 radical (unpaired) electrons. The molecule has 0 heterocycles. The number of aryl methyl sites for hydroxylation is 2. The molecule has 5 nitrogen and oxygen atoms in total. The third kappa shape index (κ3) is 22.0. The fourth-order valence-electron chi connectivity index (χ4n) is 6.87. The van der Waals surface area contributed by atoms with Crippen LogP contribution in [0.1, 0.15) is 111 Å². The van der Waals surface area contributed by atoms with Crippen LogP contribution in [0.5, 0.6) is 28.7 Å². The molecular formula is C58H65Cl5O5. The largest absolute Gasteiger partial charge is 0.508 e. The Balaban J connectivity index is 0.000000228. The molecule has 0 fully saturated rings. The van der Waals surface area contributed by atoms with Crippen LogP contribution in [0.3, 0.4) is 0 Å². The molecule has 0 aromatic heterocycles. The molecule has 0 aliphatic rings. The highest BCUT2D eigenvalue weighted by atomic mass is 35.5. The van der Waals surface area contributed by atoms with Gasteiger partial charge in [-0.25, -0.2) is 0 Å². The lowest BCUT2D eigenvalue weighted by Crippen LogP contribution is -1.93. The van der Waals surface area contributed by atoms with Crippen LogP contribution < -0.4 is 0 Å². The summed E-state index contributed by atoms with van der Waals surface area (Å²) in [6.07, 6.45) is 14.5. The highest BCUT2D eigenvalue weighted by molar-refractivity contribution is 6.33. The summed E-state index contributed by atoms with van der Waals surface area (Å²) in [4.78, 5) is 0. The summed E-state index contributed by atoms with van der Waals surface area (Å²) in [6, 6.07) is 45.8. The van der Waals surface area contributed by atoms with Gasteiger partial charge in [-0.05, 0) is 133 Å². The monoisotopic (exact) mass is 1020 g/mol. The Morgan fingerprint density at radius 3 is 1.34 bits per heavy atom. The molecule has 0 unspecified atom stereocenters. The van der Waals surface area contributed by atoms with Crippen LogP contribution in [0.15, 0.2) is 152 Å². The lowest BCUT2D eigenvalue weighted by atomic mass is 9.99. The zero-order valence-corrected chi connectivity index (χ0v) is 43.0. The van der Waals surface area contributed by atoms with Gasteiger partial charge >= 0.3 is 0 Å². The first-order chi connectivity index (χ1) is 32.7. The number of phenols is 5. The molecule has 0 saturated heterocycles. The van der Waals surface area contributed by atoms with E-state index in [-0.39, 0.29) is 17.2 Å². The van der Waals surface area contributed by atoms with Gasteiger partial charge in [0, 0.05) is 33.5 Å². The van der Waals surface area contributed by atoms with Gasteiger partial charge in [-0.15, -0.1) is 0 Å². The van der Waals surface area contributed by atoms with Gasteiger partial charge in [0.1, 0.15) is 28.7 Å². The molecule has 0 aliphatic heterocycles. The van der Waals surface area contributed by atoms with Crippen LogP contribution >= 0.6 is 58.0 Å². The smallest absolute Gasteiger partial charge is 0.134 e. The van der Waals surface area contributed by atoms with Gasteiger partial charge in [-0.2, -0.15) is 0 Å². The summed E-state index contributed by atoms with van der Waals surface area (Å²) < 4.78 is 0. The summed E-state index contributed by atoms with van der Waals surface area (Å²) in [5, 5.41) is 50.0. The molecule has 5 N–H and O–H groups in total. The number of halogens is 5. The van der Waals surface area contributed by atoms with Gasteiger partial charge in [0.05, 0.1) is 10.0 Å². The number of unbranched alkanes of at least 4 members (excludes halogenated alkanes) is 7. The van der Waals surface area contributed by atoms with Crippen molar-refractivity contribution < 1.29 is 25.5 Å². The first-order valence-electron chi connectivity index (χ1n) is 23.1. The van der Waals surface area contributed by atoms with E-state index in [4.69, 9.17) is 63.1 Å². The molecule has 7 aromatic carbocycles. The lowest BCUT2D eigenvalue weighted by molar-refractivity contribution is 0.468. The van der Waals surface area contributed by atoms with Crippen molar-refractivity contribution in [2.24, 2.45) is 0 Å². The SMILES string of the molecule is CCCCCCCc1cccc(O)c1Cl.CCCCCCc1cccc(O)c1Cl.Cc1c(Cl)ccc(O)c1Cc1ccccc1.Oc1ccc(Cl)cc1.Oc1ccc(Cl)cc1Cc1ccccc1. The minimum Gasteiger partial charge on any atom is -0.508 e. The Labute approximate surface area is 429 Å². The minimum absolute atomic E-state index is 0.194.